The van der Waals surface area contributed by atoms with Crippen molar-refractivity contribution in [1.29, 1.82) is 0 Å². The minimum absolute atomic E-state index is 0.112. The second-order valence-corrected chi connectivity index (χ2v) is 4.02. The third kappa shape index (κ3) is 6.80. The zero-order valence-electron chi connectivity index (χ0n) is 9.82. The molecular weight excluding hydrogens is 212 g/mol. The Morgan fingerprint density at radius 3 is 2.31 bits per heavy atom. The first-order chi connectivity index (χ1) is 7.32. The molecule has 0 radical (unpaired) electrons. The van der Waals surface area contributed by atoms with Crippen LogP contribution in [-0.2, 0) is 14.4 Å². The van der Waals surface area contributed by atoms with Crippen molar-refractivity contribution in [2.24, 2.45) is 5.92 Å². The van der Waals surface area contributed by atoms with Crippen molar-refractivity contribution < 1.29 is 19.5 Å². The summed E-state index contributed by atoms with van der Waals surface area (Å²) >= 11 is 0. The van der Waals surface area contributed by atoms with E-state index in [1.807, 2.05) is 13.8 Å². The molecule has 0 aliphatic heterocycles. The first-order valence-electron chi connectivity index (χ1n) is 5.05. The van der Waals surface area contributed by atoms with E-state index in [1.54, 1.807) is 0 Å². The summed E-state index contributed by atoms with van der Waals surface area (Å²) in [5, 5.41) is 11.0. The molecule has 2 amide bonds. The van der Waals surface area contributed by atoms with Crippen LogP contribution in [0.25, 0.3) is 0 Å². The van der Waals surface area contributed by atoms with Crippen LogP contribution >= 0.6 is 0 Å². The number of likely N-dealkylation sites (N-methyl/N-ethyl adjacent to an activating group) is 1. The molecule has 16 heavy (non-hydrogen) atoms. The smallest absolute Gasteiger partial charge is 0.312 e. The number of nitrogens with one attached hydrogen (secondary N) is 1. The summed E-state index contributed by atoms with van der Waals surface area (Å²) in [6.45, 7) is 4.35. The Bertz CT molecular complexity index is 276. The molecule has 0 rings (SSSR count). The van der Waals surface area contributed by atoms with Crippen LogP contribution in [0.2, 0.25) is 0 Å². The van der Waals surface area contributed by atoms with Gasteiger partial charge in [0.15, 0.2) is 0 Å². The van der Waals surface area contributed by atoms with E-state index in [1.165, 1.54) is 7.05 Å². The van der Waals surface area contributed by atoms with Crippen LogP contribution in [-0.4, -0.2) is 47.9 Å². The first kappa shape index (κ1) is 14.4. The molecule has 6 heteroatoms. The summed E-state index contributed by atoms with van der Waals surface area (Å²) in [4.78, 5) is 33.9. The second kappa shape index (κ2) is 6.81. The van der Waals surface area contributed by atoms with Crippen LogP contribution in [0.4, 0.5) is 0 Å². The molecule has 0 saturated heterocycles. The molecule has 0 saturated carbocycles. The summed E-state index contributed by atoms with van der Waals surface area (Å²) < 4.78 is 0. The molecule has 92 valence electrons. The average Bonchev–Trinajstić information content (AvgIpc) is 2.13. The summed E-state index contributed by atoms with van der Waals surface area (Å²) in [7, 11) is 1.40. The Morgan fingerprint density at radius 1 is 1.31 bits per heavy atom. The minimum atomic E-state index is -1.19. The molecule has 0 atom stereocenters. The van der Waals surface area contributed by atoms with Crippen LogP contribution in [0.3, 0.4) is 0 Å². The maximum absolute atomic E-state index is 11.3. The van der Waals surface area contributed by atoms with E-state index in [9.17, 15) is 14.4 Å². The van der Waals surface area contributed by atoms with Gasteiger partial charge in [0.1, 0.15) is 6.42 Å². The number of carbonyl (C=O) groups is 3. The van der Waals surface area contributed by atoms with Crippen LogP contribution in [0.1, 0.15) is 20.3 Å². The average molecular weight is 230 g/mol. The lowest BCUT2D eigenvalue weighted by Gasteiger charge is -2.16. The molecule has 0 aromatic rings. The van der Waals surface area contributed by atoms with E-state index in [0.717, 1.165) is 4.90 Å². The van der Waals surface area contributed by atoms with Gasteiger partial charge in [0.25, 0.3) is 0 Å². The topological polar surface area (TPSA) is 86.7 Å². The Balaban J connectivity index is 3.94. The third-order valence-corrected chi connectivity index (χ3v) is 1.82. The van der Waals surface area contributed by atoms with Crippen molar-refractivity contribution in [3.8, 4) is 0 Å². The fourth-order valence-electron chi connectivity index (χ4n) is 0.942. The lowest BCUT2D eigenvalue weighted by Crippen LogP contribution is -2.40. The number of carboxylic acid groups (broad SMARTS) is 1. The predicted molar refractivity (Wildman–Crippen MR) is 57.7 cm³/mol. The van der Waals surface area contributed by atoms with Gasteiger partial charge in [0.2, 0.25) is 11.8 Å². The Hall–Kier alpha value is -1.59. The normalized spacial score (nSPS) is 10.0. The quantitative estimate of drug-likeness (QED) is 0.613. The fraction of sp³-hybridized carbons (Fsp3) is 0.700. The molecule has 0 unspecified atom stereocenters. The lowest BCUT2D eigenvalue weighted by molar-refractivity contribution is -0.145. The van der Waals surface area contributed by atoms with E-state index in [2.05, 4.69) is 5.32 Å². The van der Waals surface area contributed by atoms with E-state index >= 15 is 0 Å². The maximum Gasteiger partial charge on any atom is 0.312 e. The molecule has 0 fully saturated rings. The zero-order valence-corrected chi connectivity index (χ0v) is 9.82. The predicted octanol–water partition coefficient (Wildman–Crippen LogP) is -0.308. The molecular formula is C10H18N2O4. The van der Waals surface area contributed by atoms with Gasteiger partial charge < -0.3 is 15.3 Å². The minimum Gasteiger partial charge on any atom is -0.481 e. The molecule has 0 aliphatic rings. The molecule has 0 aliphatic carbocycles. The third-order valence-electron chi connectivity index (χ3n) is 1.82. The van der Waals surface area contributed by atoms with Crippen molar-refractivity contribution in [2.75, 3.05) is 20.1 Å². The van der Waals surface area contributed by atoms with Crippen LogP contribution < -0.4 is 5.32 Å². The number of carbonyl (C=O) groups excluding carboxylic acids is 2. The van der Waals surface area contributed by atoms with E-state index in [0.29, 0.717) is 12.5 Å². The standard InChI is InChI=1S/C10H18N2O4/c1-7(2)5-11-8(13)6-12(3)9(14)4-10(15)16/h7H,4-6H2,1-3H3,(H,11,13)(H,15,16). The van der Waals surface area contributed by atoms with Gasteiger partial charge in [-0.3, -0.25) is 14.4 Å². The fourth-order valence-corrected chi connectivity index (χ4v) is 0.942. The van der Waals surface area contributed by atoms with Crippen LogP contribution in [0.15, 0.2) is 0 Å². The molecule has 0 aromatic carbocycles. The number of hydrogen-bond acceptors (Lipinski definition) is 3. The number of carboxylic acids is 1. The lowest BCUT2D eigenvalue weighted by atomic mass is 10.2. The Kier molecular flexibility index (Phi) is 6.14. The van der Waals surface area contributed by atoms with Crippen molar-refractivity contribution >= 4 is 17.8 Å². The van der Waals surface area contributed by atoms with Gasteiger partial charge in [-0.25, -0.2) is 0 Å². The summed E-state index contributed by atoms with van der Waals surface area (Å²) in [6, 6.07) is 0. The molecule has 6 nitrogen and oxygen atoms in total. The van der Waals surface area contributed by atoms with Crippen LogP contribution in [0, 0.1) is 5.92 Å². The van der Waals surface area contributed by atoms with Gasteiger partial charge in [-0.05, 0) is 5.92 Å². The highest BCUT2D eigenvalue weighted by atomic mass is 16.4. The van der Waals surface area contributed by atoms with Crippen molar-refractivity contribution in [3.05, 3.63) is 0 Å². The second-order valence-electron chi connectivity index (χ2n) is 4.02. The SMILES string of the molecule is CC(C)CNC(=O)CN(C)C(=O)CC(=O)O. The largest absolute Gasteiger partial charge is 0.481 e. The molecule has 0 aromatic heterocycles. The highest BCUT2D eigenvalue weighted by Gasteiger charge is 2.15. The zero-order chi connectivity index (χ0) is 12.7. The monoisotopic (exact) mass is 230 g/mol. The maximum atomic E-state index is 11.3. The number of nitrogens with zero attached hydrogens (tertiary/aromatic N) is 1. The Morgan fingerprint density at radius 2 is 1.88 bits per heavy atom. The Labute approximate surface area is 94.6 Å². The van der Waals surface area contributed by atoms with Crippen molar-refractivity contribution in [3.63, 3.8) is 0 Å². The van der Waals surface area contributed by atoms with Gasteiger partial charge in [0, 0.05) is 13.6 Å². The van der Waals surface area contributed by atoms with E-state index < -0.39 is 18.3 Å². The van der Waals surface area contributed by atoms with E-state index in [4.69, 9.17) is 5.11 Å². The molecule has 0 spiro atoms. The summed E-state index contributed by atoms with van der Waals surface area (Å²) in [5.41, 5.74) is 0. The van der Waals surface area contributed by atoms with Gasteiger partial charge in [0.05, 0.1) is 6.54 Å². The van der Waals surface area contributed by atoms with Gasteiger partial charge >= 0.3 is 5.97 Å². The van der Waals surface area contributed by atoms with Gasteiger partial charge in [-0.2, -0.15) is 0 Å². The number of aliphatic carboxylic acids is 1. The molecule has 0 bridgehead atoms. The van der Waals surface area contributed by atoms with Crippen molar-refractivity contribution in [2.45, 2.75) is 20.3 Å². The molecule has 0 heterocycles. The van der Waals surface area contributed by atoms with Crippen molar-refractivity contribution in [1.82, 2.24) is 10.2 Å². The summed E-state index contributed by atoms with van der Waals surface area (Å²) in [6.07, 6.45) is -0.589. The van der Waals surface area contributed by atoms with Crippen LogP contribution in [0.5, 0.6) is 0 Å². The number of hydrogen-bond donors (Lipinski definition) is 2. The number of rotatable bonds is 6. The van der Waals surface area contributed by atoms with Gasteiger partial charge in [-0.15, -0.1) is 0 Å². The highest BCUT2D eigenvalue weighted by Crippen LogP contribution is 1.92. The number of amides is 2. The van der Waals surface area contributed by atoms with E-state index in [-0.39, 0.29) is 12.5 Å². The highest BCUT2D eigenvalue weighted by molar-refractivity contribution is 5.95. The molecule has 2 N–H and O–H groups in total. The summed E-state index contributed by atoms with van der Waals surface area (Å²) in [5.74, 6) is -1.72. The van der Waals surface area contributed by atoms with Gasteiger partial charge in [-0.1, -0.05) is 13.8 Å². The first-order valence-corrected chi connectivity index (χ1v) is 5.05.